The van der Waals surface area contributed by atoms with Gasteiger partial charge < -0.3 is 14.0 Å². The fourth-order valence-electron chi connectivity index (χ4n) is 0.770. The summed E-state index contributed by atoms with van der Waals surface area (Å²) in [4.78, 5) is 10.7. The first-order valence-electron chi connectivity index (χ1n) is 4.55. The van der Waals surface area contributed by atoms with Gasteiger partial charge in [0.25, 0.3) is 0 Å². The molecule has 0 spiro atoms. The second kappa shape index (κ2) is 8.43. The lowest BCUT2D eigenvalue weighted by atomic mass is 10.7. The molecule has 100 valence electrons. The van der Waals surface area contributed by atoms with E-state index in [9.17, 15) is 13.2 Å². The minimum Gasteiger partial charge on any atom is -0.385 e. The predicted octanol–water partition coefficient (Wildman–Crippen LogP) is -0.532. The van der Waals surface area contributed by atoms with E-state index in [1.54, 1.807) is 0 Å². The van der Waals surface area contributed by atoms with E-state index in [1.807, 2.05) is 0 Å². The van der Waals surface area contributed by atoms with Gasteiger partial charge in [0, 0.05) is 12.4 Å². The number of nitrogens with zero attached hydrogens (tertiary/aromatic N) is 1. The molecule has 7 nitrogen and oxygen atoms in total. The average molecular weight is 288 g/mol. The van der Waals surface area contributed by atoms with Crippen molar-refractivity contribution in [2.75, 3.05) is 32.4 Å². The van der Waals surface area contributed by atoms with Gasteiger partial charge in [-0.25, -0.2) is 4.79 Å². The molecule has 0 aromatic rings. The zero-order valence-electron chi connectivity index (χ0n) is 9.04. The van der Waals surface area contributed by atoms with Gasteiger partial charge in [-0.3, -0.25) is 0 Å². The highest BCUT2D eigenvalue weighted by Crippen LogP contribution is 2.04. The maximum absolute atomic E-state index is 11.5. The Morgan fingerprint density at radius 2 is 2.18 bits per heavy atom. The molecule has 0 aliphatic heterocycles. The van der Waals surface area contributed by atoms with Crippen LogP contribution in [0.4, 0.5) is 0 Å². The van der Waals surface area contributed by atoms with Crippen molar-refractivity contribution >= 4 is 27.9 Å². The van der Waals surface area contributed by atoms with E-state index in [2.05, 4.69) is 10.8 Å². The van der Waals surface area contributed by atoms with Crippen molar-refractivity contribution in [3.8, 4) is 0 Å². The molecule has 0 aliphatic rings. The van der Waals surface area contributed by atoms with Gasteiger partial charge in [0.2, 0.25) is 0 Å². The SMILES string of the molecule is C=CCOCN(CCCl)S(=O)(=O)OC(=O)CO. The summed E-state index contributed by atoms with van der Waals surface area (Å²) < 4.78 is 32.7. The average Bonchev–Trinajstić information content (AvgIpc) is 2.27. The van der Waals surface area contributed by atoms with E-state index in [1.165, 1.54) is 6.08 Å². The lowest BCUT2D eigenvalue weighted by Crippen LogP contribution is -2.37. The third kappa shape index (κ3) is 6.59. The third-order valence-electron chi connectivity index (χ3n) is 1.45. The van der Waals surface area contributed by atoms with Crippen LogP contribution in [0.1, 0.15) is 0 Å². The number of ether oxygens (including phenoxy) is 1. The van der Waals surface area contributed by atoms with Gasteiger partial charge >= 0.3 is 16.3 Å². The summed E-state index contributed by atoms with van der Waals surface area (Å²) in [5.74, 6) is -1.26. The van der Waals surface area contributed by atoms with Crippen molar-refractivity contribution in [1.29, 1.82) is 0 Å². The molecule has 0 radical (unpaired) electrons. The summed E-state index contributed by atoms with van der Waals surface area (Å²) >= 11 is 5.41. The number of halogens is 1. The van der Waals surface area contributed by atoms with E-state index in [4.69, 9.17) is 21.4 Å². The van der Waals surface area contributed by atoms with Crippen LogP contribution in [-0.4, -0.2) is 56.2 Å². The Hall–Kier alpha value is -0.670. The molecule has 0 atom stereocenters. The normalized spacial score (nSPS) is 11.5. The van der Waals surface area contributed by atoms with Crippen molar-refractivity contribution in [3.63, 3.8) is 0 Å². The quantitative estimate of drug-likeness (QED) is 0.265. The molecule has 0 rings (SSSR count). The van der Waals surface area contributed by atoms with Crippen molar-refractivity contribution in [2.45, 2.75) is 0 Å². The van der Waals surface area contributed by atoms with E-state index in [-0.39, 0.29) is 25.8 Å². The number of carbonyl (C=O) groups is 1. The first kappa shape index (κ1) is 16.3. The highest BCUT2D eigenvalue weighted by molar-refractivity contribution is 7.84. The van der Waals surface area contributed by atoms with Crippen LogP contribution in [0.3, 0.4) is 0 Å². The minimum absolute atomic E-state index is 0.00730. The largest absolute Gasteiger partial charge is 0.389 e. The van der Waals surface area contributed by atoms with Crippen molar-refractivity contribution < 1.29 is 27.2 Å². The number of carbonyl (C=O) groups excluding carboxylic acids is 1. The van der Waals surface area contributed by atoms with Gasteiger partial charge in [-0.15, -0.1) is 22.5 Å². The maximum atomic E-state index is 11.5. The fraction of sp³-hybridized carbons (Fsp3) is 0.625. The molecular weight excluding hydrogens is 274 g/mol. The first-order valence-corrected chi connectivity index (χ1v) is 6.45. The number of hydrogen-bond acceptors (Lipinski definition) is 6. The van der Waals surface area contributed by atoms with Gasteiger partial charge in [-0.05, 0) is 0 Å². The highest BCUT2D eigenvalue weighted by Gasteiger charge is 2.26. The molecule has 0 aromatic heterocycles. The van der Waals surface area contributed by atoms with Crippen LogP contribution in [0.5, 0.6) is 0 Å². The summed E-state index contributed by atoms with van der Waals surface area (Å²) in [6, 6.07) is 0. The molecule has 0 saturated heterocycles. The third-order valence-corrected chi connectivity index (χ3v) is 2.93. The second-order valence-electron chi connectivity index (χ2n) is 2.72. The number of rotatable bonds is 9. The van der Waals surface area contributed by atoms with Crippen LogP contribution in [0.15, 0.2) is 12.7 Å². The summed E-state index contributed by atoms with van der Waals surface area (Å²) in [5, 5.41) is 8.40. The van der Waals surface area contributed by atoms with E-state index in [0.717, 1.165) is 4.31 Å². The first-order chi connectivity index (χ1) is 7.97. The Morgan fingerprint density at radius 3 is 2.65 bits per heavy atom. The topological polar surface area (TPSA) is 93.1 Å². The van der Waals surface area contributed by atoms with Gasteiger partial charge in [0.05, 0.1) is 6.61 Å². The van der Waals surface area contributed by atoms with Crippen molar-refractivity contribution in [1.82, 2.24) is 4.31 Å². The molecule has 1 N–H and O–H groups in total. The Balaban J connectivity index is 4.54. The van der Waals surface area contributed by atoms with Crippen LogP contribution in [0.25, 0.3) is 0 Å². The number of alkyl halides is 1. The van der Waals surface area contributed by atoms with E-state index >= 15 is 0 Å². The lowest BCUT2D eigenvalue weighted by molar-refractivity contribution is -0.137. The van der Waals surface area contributed by atoms with Gasteiger partial charge in [0.1, 0.15) is 13.3 Å². The van der Waals surface area contributed by atoms with E-state index < -0.39 is 22.9 Å². The molecule has 0 saturated carbocycles. The van der Waals surface area contributed by atoms with Gasteiger partial charge in [-0.1, -0.05) is 6.08 Å². The molecular formula is C8H14ClNO6S. The van der Waals surface area contributed by atoms with Crippen LogP contribution in [0.2, 0.25) is 0 Å². The number of aliphatic hydroxyl groups excluding tert-OH is 1. The smallest absolute Gasteiger partial charge is 0.385 e. The monoisotopic (exact) mass is 287 g/mol. The van der Waals surface area contributed by atoms with Gasteiger partial charge in [0.15, 0.2) is 0 Å². The molecule has 9 heteroatoms. The summed E-state index contributed by atoms with van der Waals surface area (Å²) in [6.45, 7) is 2.10. The zero-order chi connectivity index (χ0) is 13.3. The number of aliphatic hydroxyl groups is 1. The van der Waals surface area contributed by atoms with Crippen molar-refractivity contribution in [3.05, 3.63) is 12.7 Å². The molecule has 0 unspecified atom stereocenters. The van der Waals surface area contributed by atoms with Crippen LogP contribution in [0, 0.1) is 0 Å². The molecule has 0 bridgehead atoms. The predicted molar refractivity (Wildman–Crippen MR) is 60.5 cm³/mol. The highest BCUT2D eigenvalue weighted by atomic mass is 35.5. The Bertz CT molecular complexity index is 344. The van der Waals surface area contributed by atoms with Crippen LogP contribution >= 0.6 is 11.6 Å². The summed E-state index contributed by atoms with van der Waals surface area (Å²) in [5.41, 5.74) is 0. The number of hydrogen-bond donors (Lipinski definition) is 1. The summed E-state index contributed by atoms with van der Waals surface area (Å²) in [6.07, 6.45) is 1.44. The Morgan fingerprint density at radius 1 is 1.53 bits per heavy atom. The van der Waals surface area contributed by atoms with Crippen LogP contribution in [-0.2, 0) is 24.0 Å². The summed E-state index contributed by atoms with van der Waals surface area (Å²) in [7, 11) is -4.30. The molecule has 0 fully saturated rings. The maximum Gasteiger partial charge on any atom is 0.389 e. The molecule has 0 aliphatic carbocycles. The molecule has 17 heavy (non-hydrogen) atoms. The molecule has 0 heterocycles. The Labute approximate surface area is 105 Å². The Kier molecular flexibility index (Phi) is 8.09. The second-order valence-corrected chi connectivity index (χ2v) is 4.64. The zero-order valence-corrected chi connectivity index (χ0v) is 10.6. The van der Waals surface area contributed by atoms with E-state index in [0.29, 0.717) is 0 Å². The minimum atomic E-state index is -4.30. The molecule has 0 amide bonds. The standard InChI is InChI=1S/C8H14ClNO6S/c1-2-5-15-7-10(4-3-9)17(13,14)16-8(12)6-11/h2,11H,1,3-7H2. The fourth-order valence-corrected chi connectivity index (χ4v) is 1.99. The molecule has 0 aromatic carbocycles. The van der Waals surface area contributed by atoms with Crippen LogP contribution < -0.4 is 0 Å². The van der Waals surface area contributed by atoms with Crippen molar-refractivity contribution in [2.24, 2.45) is 0 Å². The van der Waals surface area contributed by atoms with Gasteiger partial charge in [-0.2, -0.15) is 8.42 Å². The lowest BCUT2D eigenvalue weighted by Gasteiger charge is -2.19.